The maximum Gasteiger partial charge on any atom is 0.232 e. The Kier molecular flexibility index (Phi) is 1.21. The van der Waals surface area contributed by atoms with Crippen molar-refractivity contribution >= 4 is 5.52 Å². The minimum atomic E-state index is -0.569. The normalized spacial score (nSPS) is 10.8. The van der Waals surface area contributed by atoms with Crippen molar-refractivity contribution in [3.63, 3.8) is 0 Å². The van der Waals surface area contributed by atoms with Gasteiger partial charge in [-0.2, -0.15) is 0 Å². The summed E-state index contributed by atoms with van der Waals surface area (Å²) in [7, 11) is 0. The van der Waals surface area contributed by atoms with Crippen molar-refractivity contribution in [2.45, 2.75) is 0 Å². The number of rotatable bonds is 0. The van der Waals surface area contributed by atoms with Crippen molar-refractivity contribution in [3.05, 3.63) is 24.1 Å². The highest BCUT2D eigenvalue weighted by atomic mass is 19.1. The Morgan fingerprint density at radius 3 is 2.92 bits per heavy atom. The Hall–Kier alpha value is -1.78. The van der Waals surface area contributed by atoms with Crippen LogP contribution in [0.3, 0.4) is 0 Å². The molecule has 12 heavy (non-hydrogen) atoms. The molecule has 0 aromatic carbocycles. The van der Waals surface area contributed by atoms with Gasteiger partial charge in [0.25, 0.3) is 0 Å². The average molecular weight is 168 g/mol. The van der Waals surface area contributed by atoms with Gasteiger partial charge in [0.1, 0.15) is 11.3 Å². The van der Waals surface area contributed by atoms with Crippen LogP contribution in [0, 0.1) is 5.82 Å². The highest BCUT2D eigenvalue weighted by molar-refractivity contribution is 5.60. The summed E-state index contributed by atoms with van der Waals surface area (Å²) in [6.45, 7) is 0. The molecule has 62 valence electrons. The van der Waals surface area contributed by atoms with Gasteiger partial charge in [-0.05, 0) is 6.07 Å². The summed E-state index contributed by atoms with van der Waals surface area (Å²) in [6.07, 6.45) is 1.31. The van der Waals surface area contributed by atoms with Crippen LogP contribution in [0.4, 0.5) is 4.39 Å². The van der Waals surface area contributed by atoms with Gasteiger partial charge in [-0.15, -0.1) is 5.10 Å². The summed E-state index contributed by atoms with van der Waals surface area (Å²) in [6, 6.07) is 2.14. The second kappa shape index (κ2) is 2.10. The number of hydrogen-bond donors (Lipinski definition) is 2. The van der Waals surface area contributed by atoms with Gasteiger partial charge in [-0.3, -0.25) is 0 Å². The predicted molar refractivity (Wildman–Crippen MR) is 38.5 cm³/mol. The van der Waals surface area contributed by atoms with E-state index in [1.807, 2.05) is 0 Å². The molecule has 0 aliphatic carbocycles. The molecule has 0 bridgehead atoms. The first kappa shape index (κ1) is 6.90. The van der Waals surface area contributed by atoms with Gasteiger partial charge in [0, 0.05) is 12.3 Å². The molecule has 0 spiro atoms. The molecule has 0 saturated carbocycles. The fourth-order valence-electron chi connectivity index (χ4n) is 1.05. The van der Waals surface area contributed by atoms with E-state index < -0.39 is 5.82 Å². The molecular formula is C7H5FN2O2. The molecule has 0 unspecified atom stereocenters. The molecule has 0 radical (unpaired) electrons. The second-order valence-corrected chi connectivity index (χ2v) is 2.34. The van der Waals surface area contributed by atoms with Crippen LogP contribution in [0.2, 0.25) is 0 Å². The van der Waals surface area contributed by atoms with Crippen LogP contribution in [0.1, 0.15) is 0 Å². The summed E-state index contributed by atoms with van der Waals surface area (Å²) in [5.41, 5.74) is -0.0344. The highest BCUT2D eigenvalue weighted by Gasteiger charge is 2.08. The van der Waals surface area contributed by atoms with E-state index in [9.17, 15) is 4.39 Å². The van der Waals surface area contributed by atoms with Gasteiger partial charge in [-0.25, -0.2) is 8.91 Å². The third kappa shape index (κ3) is 0.795. The third-order valence-electron chi connectivity index (χ3n) is 1.54. The Morgan fingerprint density at radius 2 is 2.17 bits per heavy atom. The first-order chi connectivity index (χ1) is 5.68. The van der Waals surface area contributed by atoms with Crippen molar-refractivity contribution in [2.75, 3.05) is 0 Å². The molecule has 0 saturated heterocycles. The van der Waals surface area contributed by atoms with E-state index in [-0.39, 0.29) is 17.1 Å². The summed E-state index contributed by atoms with van der Waals surface area (Å²) in [5.74, 6) is -1.25. The summed E-state index contributed by atoms with van der Waals surface area (Å²) in [5, 5.41) is 21.6. The maximum atomic E-state index is 12.8. The van der Waals surface area contributed by atoms with Crippen molar-refractivity contribution in [1.29, 1.82) is 0 Å². The van der Waals surface area contributed by atoms with E-state index in [0.29, 0.717) is 0 Å². The molecule has 2 N–H and O–H groups in total. The Labute approximate surface area is 66.5 Å². The van der Waals surface area contributed by atoms with Gasteiger partial charge < -0.3 is 10.2 Å². The molecule has 2 aromatic heterocycles. The van der Waals surface area contributed by atoms with Gasteiger partial charge in [0.05, 0.1) is 0 Å². The van der Waals surface area contributed by atoms with Crippen molar-refractivity contribution in [3.8, 4) is 11.6 Å². The lowest BCUT2D eigenvalue weighted by molar-refractivity contribution is 0.424. The Bertz CT molecular complexity index is 438. The Balaban J connectivity index is 2.93. The van der Waals surface area contributed by atoms with E-state index in [0.717, 1.165) is 16.6 Å². The molecule has 2 rings (SSSR count). The largest absolute Gasteiger partial charge is 0.505 e. The van der Waals surface area contributed by atoms with Crippen molar-refractivity contribution in [1.82, 2.24) is 9.61 Å². The van der Waals surface area contributed by atoms with Gasteiger partial charge >= 0.3 is 0 Å². The molecule has 0 amide bonds. The van der Waals surface area contributed by atoms with Gasteiger partial charge in [0.2, 0.25) is 5.88 Å². The average Bonchev–Trinajstić information content (AvgIpc) is 2.31. The van der Waals surface area contributed by atoms with Crippen LogP contribution in [0.15, 0.2) is 18.3 Å². The molecule has 2 heterocycles. The fraction of sp³-hybridized carbons (Fsp3) is 0. The summed E-state index contributed by atoms with van der Waals surface area (Å²) >= 11 is 0. The molecule has 0 atom stereocenters. The lowest BCUT2D eigenvalue weighted by atomic mass is 10.4. The zero-order chi connectivity index (χ0) is 8.72. The van der Waals surface area contributed by atoms with E-state index >= 15 is 0 Å². The van der Waals surface area contributed by atoms with Gasteiger partial charge in [0.15, 0.2) is 5.82 Å². The number of aromatic hydroxyl groups is 2. The molecule has 0 aliphatic rings. The van der Waals surface area contributed by atoms with E-state index in [4.69, 9.17) is 10.2 Å². The second-order valence-electron chi connectivity index (χ2n) is 2.34. The number of nitrogens with zero attached hydrogens (tertiary/aromatic N) is 2. The Morgan fingerprint density at radius 1 is 1.42 bits per heavy atom. The number of halogens is 1. The van der Waals surface area contributed by atoms with Gasteiger partial charge in [-0.1, -0.05) is 0 Å². The molecule has 2 aromatic rings. The fourth-order valence-corrected chi connectivity index (χ4v) is 1.05. The minimum absolute atomic E-state index is 0.0344. The van der Waals surface area contributed by atoms with Crippen molar-refractivity contribution in [2.24, 2.45) is 0 Å². The van der Waals surface area contributed by atoms with Crippen LogP contribution < -0.4 is 0 Å². The first-order valence-corrected chi connectivity index (χ1v) is 3.24. The lowest BCUT2D eigenvalue weighted by Gasteiger charge is -1.97. The summed E-state index contributed by atoms with van der Waals surface area (Å²) in [4.78, 5) is 0. The molecular weight excluding hydrogens is 163 g/mol. The number of fused-ring (bicyclic) bond motifs is 1. The monoisotopic (exact) mass is 168 g/mol. The first-order valence-electron chi connectivity index (χ1n) is 3.24. The summed E-state index contributed by atoms with van der Waals surface area (Å²) < 4.78 is 13.9. The number of hydrogen-bond acceptors (Lipinski definition) is 3. The predicted octanol–water partition coefficient (Wildman–Crippen LogP) is 0.885. The quantitative estimate of drug-likeness (QED) is 0.614. The molecule has 0 fully saturated rings. The molecule has 0 aliphatic heterocycles. The SMILES string of the molecule is Oc1cc(O)c2c(F)ccn2n1. The van der Waals surface area contributed by atoms with Crippen LogP contribution >= 0.6 is 0 Å². The van der Waals surface area contributed by atoms with E-state index in [1.54, 1.807) is 0 Å². The third-order valence-corrected chi connectivity index (χ3v) is 1.54. The topological polar surface area (TPSA) is 57.8 Å². The number of aromatic nitrogens is 2. The minimum Gasteiger partial charge on any atom is -0.505 e. The maximum absolute atomic E-state index is 12.8. The highest BCUT2D eigenvalue weighted by Crippen LogP contribution is 2.23. The van der Waals surface area contributed by atoms with Crippen LogP contribution in [0.25, 0.3) is 5.52 Å². The van der Waals surface area contributed by atoms with Crippen LogP contribution in [-0.2, 0) is 0 Å². The lowest BCUT2D eigenvalue weighted by Crippen LogP contribution is -1.89. The molecule has 4 nitrogen and oxygen atoms in total. The van der Waals surface area contributed by atoms with E-state index in [1.165, 1.54) is 6.20 Å². The van der Waals surface area contributed by atoms with Crippen molar-refractivity contribution < 1.29 is 14.6 Å². The zero-order valence-electron chi connectivity index (χ0n) is 5.90. The standard InChI is InChI=1S/C7H5FN2O2/c8-4-1-2-10-7(4)5(11)3-6(12)9-10/h1-3,11H,(H,9,12). The smallest absolute Gasteiger partial charge is 0.232 e. The molecule has 5 heteroatoms. The van der Waals surface area contributed by atoms with E-state index in [2.05, 4.69) is 5.10 Å². The van der Waals surface area contributed by atoms with Crippen LogP contribution in [-0.4, -0.2) is 19.8 Å². The van der Waals surface area contributed by atoms with Crippen LogP contribution in [0.5, 0.6) is 11.6 Å². The zero-order valence-corrected chi connectivity index (χ0v) is 5.90.